The first kappa shape index (κ1) is 16.4. The lowest BCUT2D eigenvalue weighted by molar-refractivity contribution is -0.127. The van der Waals surface area contributed by atoms with Crippen LogP contribution in [0, 0.1) is 0 Å². The number of alkyl halides is 3. The van der Waals surface area contributed by atoms with Gasteiger partial charge in [-0.3, -0.25) is 4.72 Å². The van der Waals surface area contributed by atoms with E-state index in [1.807, 2.05) is 0 Å². The Kier molecular flexibility index (Phi) is 4.46. The van der Waals surface area contributed by atoms with E-state index in [1.54, 1.807) is 36.4 Å². The van der Waals surface area contributed by atoms with Gasteiger partial charge < -0.3 is 0 Å². The van der Waals surface area contributed by atoms with Gasteiger partial charge in [-0.1, -0.05) is 36.4 Å². The molecule has 118 valence electrons. The zero-order valence-corrected chi connectivity index (χ0v) is 12.5. The molecule has 0 aliphatic carbocycles. The molecule has 22 heavy (non-hydrogen) atoms. The fourth-order valence-electron chi connectivity index (χ4n) is 1.99. The van der Waals surface area contributed by atoms with Crippen molar-refractivity contribution in [3.8, 4) is 11.1 Å². The molecule has 0 spiro atoms. The van der Waals surface area contributed by atoms with Crippen LogP contribution in [0.4, 0.5) is 18.9 Å². The summed E-state index contributed by atoms with van der Waals surface area (Å²) in [5.41, 5.74) is 2.18. The van der Waals surface area contributed by atoms with Crippen molar-refractivity contribution in [2.75, 3.05) is 11.0 Å². The molecule has 2 aromatic carbocycles. The maximum Gasteiger partial charge on any atom is 0.393 e. The Bertz CT molecular complexity index is 736. The molecule has 0 amide bonds. The van der Waals surface area contributed by atoms with Crippen molar-refractivity contribution < 1.29 is 21.6 Å². The molecule has 0 aliphatic rings. The second-order valence-electron chi connectivity index (χ2n) is 4.94. The first-order valence-corrected chi connectivity index (χ1v) is 8.25. The van der Waals surface area contributed by atoms with Crippen LogP contribution in [0.1, 0.15) is 5.56 Å². The molecule has 0 unspecified atom stereocenters. The van der Waals surface area contributed by atoms with E-state index in [0.717, 1.165) is 17.4 Å². The van der Waals surface area contributed by atoms with E-state index < -0.39 is 22.6 Å². The van der Waals surface area contributed by atoms with Crippen LogP contribution >= 0.6 is 0 Å². The number of halogens is 3. The average Bonchev–Trinajstić information content (AvgIpc) is 2.37. The minimum absolute atomic E-state index is 0.201. The first-order valence-electron chi connectivity index (χ1n) is 6.36. The summed E-state index contributed by atoms with van der Waals surface area (Å²) in [6.45, 7) is 0. The monoisotopic (exact) mass is 329 g/mol. The fourth-order valence-corrected chi connectivity index (χ4v) is 2.56. The normalized spacial score (nSPS) is 12.2. The van der Waals surface area contributed by atoms with Crippen molar-refractivity contribution in [1.82, 2.24) is 0 Å². The Balaban J connectivity index is 2.15. The highest BCUT2D eigenvalue weighted by molar-refractivity contribution is 7.92. The molecule has 0 atom stereocenters. The van der Waals surface area contributed by atoms with Crippen molar-refractivity contribution >= 4 is 15.7 Å². The number of hydrogen-bond donors (Lipinski definition) is 1. The van der Waals surface area contributed by atoms with Crippen LogP contribution in [0.25, 0.3) is 11.1 Å². The minimum atomic E-state index is -4.22. The third kappa shape index (κ3) is 5.07. The van der Waals surface area contributed by atoms with Gasteiger partial charge in [-0.25, -0.2) is 8.42 Å². The van der Waals surface area contributed by atoms with Gasteiger partial charge in [0.2, 0.25) is 10.0 Å². The molecule has 0 heterocycles. The summed E-state index contributed by atoms with van der Waals surface area (Å²) < 4.78 is 61.4. The second kappa shape index (κ2) is 6.00. The lowest BCUT2D eigenvalue weighted by Gasteiger charge is -2.08. The standard InChI is InChI=1S/C15H14F3NO2S/c1-22(20,21)19-14-8-6-13(7-9-14)12-4-2-11(3-5-12)10-15(16,17)18/h2-9,19H,10H2,1H3. The van der Waals surface area contributed by atoms with E-state index in [-0.39, 0.29) is 5.56 Å². The Morgan fingerprint density at radius 2 is 1.36 bits per heavy atom. The molecule has 2 aromatic rings. The first-order chi connectivity index (χ1) is 10.1. The summed E-state index contributed by atoms with van der Waals surface area (Å²) >= 11 is 0. The van der Waals surface area contributed by atoms with Gasteiger partial charge in [0.15, 0.2) is 0 Å². The van der Waals surface area contributed by atoms with Gasteiger partial charge >= 0.3 is 6.18 Å². The smallest absolute Gasteiger partial charge is 0.284 e. The quantitative estimate of drug-likeness (QED) is 0.926. The lowest BCUT2D eigenvalue weighted by Crippen LogP contribution is -2.11. The van der Waals surface area contributed by atoms with Crippen LogP contribution in [-0.4, -0.2) is 20.8 Å². The van der Waals surface area contributed by atoms with Crippen molar-refractivity contribution in [2.45, 2.75) is 12.6 Å². The third-order valence-corrected chi connectivity index (χ3v) is 3.49. The van der Waals surface area contributed by atoms with Crippen LogP contribution in [0.5, 0.6) is 0 Å². The Hall–Kier alpha value is -2.02. The largest absolute Gasteiger partial charge is 0.393 e. The molecule has 2 rings (SSSR count). The highest BCUT2D eigenvalue weighted by Gasteiger charge is 2.27. The highest BCUT2D eigenvalue weighted by atomic mass is 32.2. The molecular formula is C15H14F3NO2S. The third-order valence-electron chi connectivity index (χ3n) is 2.88. The topological polar surface area (TPSA) is 46.2 Å². The predicted octanol–water partition coefficient (Wildman–Crippen LogP) is 3.83. The van der Waals surface area contributed by atoms with E-state index in [4.69, 9.17) is 0 Å². The molecule has 0 saturated heterocycles. The van der Waals surface area contributed by atoms with Crippen LogP contribution in [0.15, 0.2) is 48.5 Å². The van der Waals surface area contributed by atoms with Gasteiger partial charge in [0, 0.05) is 5.69 Å². The van der Waals surface area contributed by atoms with E-state index in [0.29, 0.717) is 5.69 Å². The fraction of sp³-hybridized carbons (Fsp3) is 0.200. The zero-order valence-electron chi connectivity index (χ0n) is 11.7. The molecular weight excluding hydrogens is 315 g/mol. The lowest BCUT2D eigenvalue weighted by atomic mass is 10.0. The molecule has 1 N–H and O–H groups in total. The maximum atomic E-state index is 12.3. The number of sulfonamides is 1. The molecule has 0 bridgehead atoms. The van der Waals surface area contributed by atoms with E-state index in [2.05, 4.69) is 4.72 Å². The molecule has 3 nitrogen and oxygen atoms in total. The van der Waals surface area contributed by atoms with Crippen molar-refractivity contribution in [1.29, 1.82) is 0 Å². The molecule has 7 heteroatoms. The molecule has 0 saturated carbocycles. The Morgan fingerprint density at radius 3 is 1.77 bits per heavy atom. The Morgan fingerprint density at radius 1 is 0.909 bits per heavy atom. The van der Waals surface area contributed by atoms with Gasteiger partial charge in [0.1, 0.15) is 0 Å². The number of hydrogen-bond acceptors (Lipinski definition) is 2. The number of anilines is 1. The number of rotatable bonds is 4. The van der Waals surface area contributed by atoms with Gasteiger partial charge in [-0.2, -0.15) is 13.2 Å². The second-order valence-corrected chi connectivity index (χ2v) is 6.69. The minimum Gasteiger partial charge on any atom is -0.284 e. The summed E-state index contributed by atoms with van der Waals surface area (Å²) in [6, 6.07) is 12.7. The zero-order chi connectivity index (χ0) is 16.4. The van der Waals surface area contributed by atoms with E-state index in [9.17, 15) is 21.6 Å². The van der Waals surface area contributed by atoms with Crippen LogP contribution < -0.4 is 4.72 Å². The molecule has 0 radical (unpaired) electrons. The maximum absolute atomic E-state index is 12.3. The summed E-state index contributed by atoms with van der Waals surface area (Å²) in [5.74, 6) is 0. The predicted molar refractivity (Wildman–Crippen MR) is 80.1 cm³/mol. The van der Waals surface area contributed by atoms with E-state index in [1.165, 1.54) is 12.1 Å². The number of nitrogens with one attached hydrogen (secondary N) is 1. The van der Waals surface area contributed by atoms with Crippen LogP contribution in [0.2, 0.25) is 0 Å². The highest BCUT2D eigenvalue weighted by Crippen LogP contribution is 2.25. The molecule has 0 aliphatic heterocycles. The molecule has 0 aromatic heterocycles. The summed E-state index contributed by atoms with van der Waals surface area (Å²) in [4.78, 5) is 0. The van der Waals surface area contributed by atoms with Crippen molar-refractivity contribution in [2.24, 2.45) is 0 Å². The van der Waals surface area contributed by atoms with Crippen molar-refractivity contribution in [3.63, 3.8) is 0 Å². The van der Waals surface area contributed by atoms with Gasteiger partial charge in [0.25, 0.3) is 0 Å². The SMILES string of the molecule is CS(=O)(=O)Nc1ccc(-c2ccc(CC(F)(F)F)cc2)cc1. The Labute approximate surface area is 126 Å². The van der Waals surface area contributed by atoms with E-state index >= 15 is 0 Å². The summed E-state index contributed by atoms with van der Waals surface area (Å²) in [7, 11) is -3.33. The summed E-state index contributed by atoms with van der Waals surface area (Å²) in [5, 5.41) is 0. The van der Waals surface area contributed by atoms with Gasteiger partial charge in [-0.15, -0.1) is 0 Å². The average molecular weight is 329 g/mol. The summed E-state index contributed by atoms with van der Waals surface area (Å²) in [6.07, 6.45) is -4.12. The van der Waals surface area contributed by atoms with Crippen LogP contribution in [-0.2, 0) is 16.4 Å². The van der Waals surface area contributed by atoms with Crippen molar-refractivity contribution in [3.05, 3.63) is 54.1 Å². The number of benzene rings is 2. The van der Waals surface area contributed by atoms with Crippen LogP contribution in [0.3, 0.4) is 0 Å². The van der Waals surface area contributed by atoms with Gasteiger partial charge in [-0.05, 0) is 28.8 Å². The van der Waals surface area contributed by atoms with Gasteiger partial charge in [0.05, 0.1) is 12.7 Å². The molecule has 0 fully saturated rings.